The minimum atomic E-state index is -0.640. The van der Waals surface area contributed by atoms with Crippen LogP contribution in [0.2, 0.25) is 0 Å². The summed E-state index contributed by atoms with van der Waals surface area (Å²) in [7, 11) is 0. The van der Waals surface area contributed by atoms with Crippen LogP contribution in [-0.2, 0) is 4.79 Å². The molecule has 3 atom stereocenters. The Hall–Kier alpha value is -0.830. The summed E-state index contributed by atoms with van der Waals surface area (Å²) < 4.78 is 0. The molecule has 0 saturated heterocycles. The van der Waals surface area contributed by atoms with Crippen molar-refractivity contribution < 1.29 is 9.90 Å². The van der Waals surface area contributed by atoms with Crippen molar-refractivity contribution in [1.29, 1.82) is 0 Å². The third-order valence-corrected chi connectivity index (χ3v) is 5.01. The molecule has 17 heavy (non-hydrogen) atoms. The summed E-state index contributed by atoms with van der Waals surface area (Å²) in [5.41, 5.74) is 0. The number of carboxylic acids is 1. The molecule has 1 aromatic rings. The van der Waals surface area contributed by atoms with E-state index in [2.05, 4.69) is 17.5 Å². The molecular formula is C14H20O2S. The number of aliphatic carboxylic acids is 1. The summed E-state index contributed by atoms with van der Waals surface area (Å²) in [4.78, 5) is 12.6. The van der Waals surface area contributed by atoms with Gasteiger partial charge in [0.05, 0.1) is 5.92 Å². The lowest BCUT2D eigenvalue weighted by molar-refractivity contribution is -0.143. The van der Waals surface area contributed by atoms with Crippen LogP contribution in [0.1, 0.15) is 49.8 Å². The molecule has 94 valence electrons. The van der Waals surface area contributed by atoms with Crippen LogP contribution in [0.3, 0.4) is 0 Å². The SMILES string of the molecule is CC(C(=O)O)C1CCCCCC1c1cccs1. The fraction of sp³-hybridized carbons (Fsp3) is 0.643. The predicted octanol–water partition coefficient (Wildman–Crippen LogP) is 4.13. The maximum absolute atomic E-state index is 11.2. The molecule has 2 rings (SSSR count). The van der Waals surface area contributed by atoms with Gasteiger partial charge in [0.15, 0.2) is 0 Å². The molecule has 0 spiro atoms. The third-order valence-electron chi connectivity index (χ3n) is 4.01. The van der Waals surface area contributed by atoms with Crippen LogP contribution < -0.4 is 0 Å². The zero-order valence-corrected chi connectivity index (χ0v) is 11.1. The summed E-state index contributed by atoms with van der Waals surface area (Å²) >= 11 is 1.78. The van der Waals surface area contributed by atoms with Gasteiger partial charge in [-0.3, -0.25) is 4.79 Å². The van der Waals surface area contributed by atoms with Crippen LogP contribution in [0.5, 0.6) is 0 Å². The van der Waals surface area contributed by atoms with E-state index in [4.69, 9.17) is 0 Å². The van der Waals surface area contributed by atoms with Crippen LogP contribution in [0.25, 0.3) is 0 Å². The fourth-order valence-corrected chi connectivity index (χ4v) is 3.91. The van der Waals surface area contributed by atoms with Crippen LogP contribution in [0, 0.1) is 11.8 Å². The van der Waals surface area contributed by atoms with Gasteiger partial charge in [0.1, 0.15) is 0 Å². The average Bonchev–Trinajstić information content (AvgIpc) is 2.72. The quantitative estimate of drug-likeness (QED) is 0.821. The van der Waals surface area contributed by atoms with Crippen molar-refractivity contribution in [3.63, 3.8) is 0 Å². The molecule has 3 unspecified atom stereocenters. The molecule has 1 aliphatic carbocycles. The molecule has 2 nitrogen and oxygen atoms in total. The summed E-state index contributed by atoms with van der Waals surface area (Å²) in [5.74, 6) is -0.0871. The predicted molar refractivity (Wildman–Crippen MR) is 70.4 cm³/mol. The topological polar surface area (TPSA) is 37.3 Å². The maximum Gasteiger partial charge on any atom is 0.306 e. The first-order valence-electron chi connectivity index (χ1n) is 6.46. The summed E-state index contributed by atoms with van der Waals surface area (Å²) in [6.07, 6.45) is 5.90. The molecule has 1 heterocycles. The zero-order valence-electron chi connectivity index (χ0n) is 10.3. The highest BCUT2D eigenvalue weighted by atomic mass is 32.1. The van der Waals surface area contributed by atoms with E-state index in [1.165, 1.54) is 24.1 Å². The second-order valence-electron chi connectivity index (χ2n) is 5.05. The molecule has 0 amide bonds. The molecule has 0 aromatic carbocycles. The normalized spacial score (nSPS) is 27.4. The summed E-state index contributed by atoms with van der Waals surface area (Å²) in [6, 6.07) is 4.25. The van der Waals surface area contributed by atoms with Crippen molar-refractivity contribution in [3.8, 4) is 0 Å². The highest BCUT2D eigenvalue weighted by molar-refractivity contribution is 7.10. The Kier molecular flexibility index (Phi) is 4.21. The van der Waals surface area contributed by atoms with E-state index >= 15 is 0 Å². The lowest BCUT2D eigenvalue weighted by Crippen LogP contribution is -2.25. The van der Waals surface area contributed by atoms with Crippen molar-refractivity contribution in [2.75, 3.05) is 0 Å². The van der Waals surface area contributed by atoms with Crippen LogP contribution in [0.4, 0.5) is 0 Å². The van der Waals surface area contributed by atoms with E-state index in [9.17, 15) is 9.90 Å². The Labute approximate surface area is 107 Å². The molecule has 3 heteroatoms. The molecule has 1 saturated carbocycles. The van der Waals surface area contributed by atoms with Gasteiger partial charge < -0.3 is 5.11 Å². The second kappa shape index (κ2) is 5.67. The molecule has 1 fully saturated rings. The molecule has 0 radical (unpaired) electrons. The zero-order chi connectivity index (χ0) is 12.3. The van der Waals surface area contributed by atoms with E-state index < -0.39 is 5.97 Å². The number of thiophene rings is 1. The van der Waals surface area contributed by atoms with Crippen molar-refractivity contribution in [2.24, 2.45) is 11.8 Å². The molecule has 1 aliphatic rings. The van der Waals surface area contributed by atoms with Crippen molar-refractivity contribution in [3.05, 3.63) is 22.4 Å². The fourth-order valence-electron chi connectivity index (χ4n) is 2.97. The first-order valence-corrected chi connectivity index (χ1v) is 7.34. The van der Waals surface area contributed by atoms with Gasteiger partial charge in [-0.2, -0.15) is 0 Å². The standard InChI is InChI=1S/C14H20O2S/c1-10(14(15)16)11-6-3-2-4-7-12(11)13-8-5-9-17-13/h5,8-12H,2-4,6-7H2,1H3,(H,15,16). The van der Waals surface area contributed by atoms with Crippen LogP contribution in [0.15, 0.2) is 17.5 Å². The van der Waals surface area contributed by atoms with Gasteiger partial charge in [0, 0.05) is 4.88 Å². The van der Waals surface area contributed by atoms with E-state index in [-0.39, 0.29) is 5.92 Å². The monoisotopic (exact) mass is 252 g/mol. The third kappa shape index (κ3) is 2.89. The highest BCUT2D eigenvalue weighted by Gasteiger charge is 2.33. The summed E-state index contributed by atoms with van der Waals surface area (Å²) in [5, 5.41) is 11.3. The van der Waals surface area contributed by atoms with Crippen molar-refractivity contribution in [2.45, 2.75) is 44.9 Å². The minimum Gasteiger partial charge on any atom is -0.481 e. The van der Waals surface area contributed by atoms with Gasteiger partial charge >= 0.3 is 5.97 Å². The Morgan fingerprint density at radius 1 is 1.41 bits per heavy atom. The highest BCUT2D eigenvalue weighted by Crippen LogP contribution is 2.42. The smallest absolute Gasteiger partial charge is 0.306 e. The van der Waals surface area contributed by atoms with Gasteiger partial charge in [-0.25, -0.2) is 0 Å². The molecule has 1 aromatic heterocycles. The first-order chi connectivity index (χ1) is 8.20. The minimum absolute atomic E-state index is 0.222. The first kappa shape index (κ1) is 12.6. The van der Waals surface area contributed by atoms with Gasteiger partial charge in [-0.05, 0) is 36.1 Å². The average molecular weight is 252 g/mol. The van der Waals surface area contributed by atoms with Crippen LogP contribution in [-0.4, -0.2) is 11.1 Å². The van der Waals surface area contributed by atoms with E-state index in [0.29, 0.717) is 11.8 Å². The van der Waals surface area contributed by atoms with Crippen molar-refractivity contribution >= 4 is 17.3 Å². The Morgan fingerprint density at radius 2 is 2.18 bits per heavy atom. The molecule has 0 bridgehead atoms. The second-order valence-corrected chi connectivity index (χ2v) is 6.03. The molecule has 0 aliphatic heterocycles. The Balaban J connectivity index is 2.21. The lowest BCUT2D eigenvalue weighted by atomic mass is 9.78. The number of rotatable bonds is 3. The number of hydrogen-bond donors (Lipinski definition) is 1. The van der Waals surface area contributed by atoms with Crippen molar-refractivity contribution in [1.82, 2.24) is 0 Å². The lowest BCUT2D eigenvalue weighted by Gasteiger charge is -2.27. The Bertz CT molecular complexity index is 358. The number of carbonyl (C=O) groups is 1. The molecular weight excluding hydrogens is 232 g/mol. The van der Waals surface area contributed by atoms with E-state index in [1.807, 2.05) is 6.92 Å². The maximum atomic E-state index is 11.2. The summed E-state index contributed by atoms with van der Waals surface area (Å²) in [6.45, 7) is 1.87. The number of carboxylic acid groups (broad SMARTS) is 1. The van der Waals surface area contributed by atoms with E-state index in [1.54, 1.807) is 11.3 Å². The Morgan fingerprint density at radius 3 is 2.82 bits per heavy atom. The number of hydrogen-bond acceptors (Lipinski definition) is 2. The van der Waals surface area contributed by atoms with Gasteiger partial charge in [0.25, 0.3) is 0 Å². The van der Waals surface area contributed by atoms with Gasteiger partial charge in [-0.1, -0.05) is 32.3 Å². The molecule has 1 N–H and O–H groups in total. The van der Waals surface area contributed by atoms with Gasteiger partial charge in [0.2, 0.25) is 0 Å². The van der Waals surface area contributed by atoms with Gasteiger partial charge in [-0.15, -0.1) is 11.3 Å². The van der Waals surface area contributed by atoms with Crippen LogP contribution >= 0.6 is 11.3 Å². The van der Waals surface area contributed by atoms with E-state index in [0.717, 1.165) is 12.8 Å². The largest absolute Gasteiger partial charge is 0.481 e.